The number of amides is 2. The minimum atomic E-state index is -0.330. The number of rotatable bonds is 5. The van der Waals surface area contributed by atoms with Crippen molar-refractivity contribution in [2.45, 2.75) is 45.6 Å². The van der Waals surface area contributed by atoms with Crippen molar-refractivity contribution >= 4 is 12.0 Å². The third kappa shape index (κ3) is 3.97. The van der Waals surface area contributed by atoms with Crippen molar-refractivity contribution in [2.75, 3.05) is 26.2 Å². The summed E-state index contributed by atoms with van der Waals surface area (Å²) >= 11 is 0. The number of nitrogens with zero attached hydrogens (tertiary/aromatic N) is 1. The molecule has 0 saturated carbocycles. The lowest BCUT2D eigenvalue weighted by molar-refractivity contribution is -0.139. The van der Waals surface area contributed by atoms with Crippen molar-refractivity contribution in [3.05, 3.63) is 11.3 Å². The fraction of sp³-hybridized carbons (Fsp3) is 0.733. The molecule has 0 radical (unpaired) electrons. The summed E-state index contributed by atoms with van der Waals surface area (Å²) in [5, 5.41) is 5.60. The van der Waals surface area contributed by atoms with Crippen LogP contribution in [0, 0.1) is 0 Å². The van der Waals surface area contributed by atoms with Gasteiger partial charge in [-0.15, -0.1) is 0 Å². The van der Waals surface area contributed by atoms with E-state index in [1.54, 1.807) is 6.92 Å². The molecular formula is C15H25N3O3. The first-order chi connectivity index (χ1) is 10.2. The van der Waals surface area contributed by atoms with E-state index in [0.717, 1.165) is 13.1 Å². The van der Waals surface area contributed by atoms with E-state index in [4.69, 9.17) is 4.74 Å². The molecular weight excluding hydrogens is 270 g/mol. The lowest BCUT2D eigenvalue weighted by Gasteiger charge is -2.32. The van der Waals surface area contributed by atoms with Gasteiger partial charge in [-0.1, -0.05) is 13.3 Å². The highest BCUT2D eigenvalue weighted by molar-refractivity contribution is 5.94. The van der Waals surface area contributed by atoms with Crippen molar-refractivity contribution in [3.63, 3.8) is 0 Å². The fourth-order valence-electron chi connectivity index (χ4n) is 2.93. The lowest BCUT2D eigenvalue weighted by Crippen LogP contribution is -2.52. The topological polar surface area (TPSA) is 70.7 Å². The van der Waals surface area contributed by atoms with Crippen molar-refractivity contribution in [3.8, 4) is 0 Å². The van der Waals surface area contributed by atoms with E-state index in [-0.39, 0.29) is 18.0 Å². The number of hydrogen-bond acceptors (Lipinski definition) is 4. The van der Waals surface area contributed by atoms with Crippen LogP contribution in [-0.4, -0.2) is 49.2 Å². The van der Waals surface area contributed by atoms with Crippen LogP contribution in [-0.2, 0) is 9.53 Å². The number of ether oxygens (including phenoxy) is 1. The monoisotopic (exact) mass is 295 g/mol. The van der Waals surface area contributed by atoms with Gasteiger partial charge >= 0.3 is 12.0 Å². The fourth-order valence-corrected chi connectivity index (χ4v) is 2.93. The summed E-state index contributed by atoms with van der Waals surface area (Å²) in [6, 6.07) is -0.500. The highest BCUT2D eigenvalue weighted by atomic mass is 16.5. The lowest BCUT2D eigenvalue weighted by atomic mass is 9.99. The van der Waals surface area contributed by atoms with Gasteiger partial charge in [-0.05, 0) is 39.3 Å². The Balaban J connectivity index is 2.22. The summed E-state index contributed by atoms with van der Waals surface area (Å²) in [5.41, 5.74) is 1.27. The summed E-state index contributed by atoms with van der Waals surface area (Å²) in [6.07, 6.45) is 4.27. The summed E-state index contributed by atoms with van der Waals surface area (Å²) in [6.45, 7) is 6.72. The van der Waals surface area contributed by atoms with Crippen LogP contribution in [0.4, 0.5) is 4.79 Å². The second-order valence-electron chi connectivity index (χ2n) is 5.51. The van der Waals surface area contributed by atoms with Crippen LogP contribution in [0.15, 0.2) is 11.3 Å². The number of urea groups is 1. The van der Waals surface area contributed by atoms with E-state index < -0.39 is 0 Å². The van der Waals surface area contributed by atoms with Gasteiger partial charge in [-0.25, -0.2) is 9.59 Å². The number of carbonyl (C=O) groups excluding carboxylic acids is 2. The molecule has 0 aromatic rings. The average molecular weight is 295 g/mol. The Morgan fingerprint density at radius 2 is 2.00 bits per heavy atom. The molecule has 1 fully saturated rings. The Bertz CT molecular complexity index is 428. The average Bonchev–Trinajstić information content (AvgIpc) is 2.47. The van der Waals surface area contributed by atoms with Gasteiger partial charge in [0.05, 0.1) is 18.2 Å². The van der Waals surface area contributed by atoms with Crippen molar-refractivity contribution in [2.24, 2.45) is 0 Å². The van der Waals surface area contributed by atoms with Gasteiger partial charge in [-0.2, -0.15) is 0 Å². The van der Waals surface area contributed by atoms with Crippen LogP contribution in [0.1, 0.15) is 39.5 Å². The zero-order valence-electron chi connectivity index (χ0n) is 12.9. The van der Waals surface area contributed by atoms with Gasteiger partial charge in [-0.3, -0.25) is 4.90 Å². The molecule has 2 N–H and O–H groups in total. The SMILES string of the molecule is CCOC(=O)C1=C(CN2CCCCC2)NC(=O)N[C@H]1CC. The zero-order chi connectivity index (χ0) is 15.2. The normalized spacial score (nSPS) is 23.5. The molecule has 6 nitrogen and oxygen atoms in total. The summed E-state index contributed by atoms with van der Waals surface area (Å²) in [4.78, 5) is 26.3. The van der Waals surface area contributed by atoms with Gasteiger partial charge in [0.25, 0.3) is 0 Å². The standard InChI is InChI=1S/C15H25N3O3/c1-3-11-13(14(19)21-4-2)12(17-15(20)16-11)10-18-8-6-5-7-9-18/h11H,3-10H2,1-2H3,(H2,16,17,20)/t11-/m0/s1. The first-order valence-corrected chi connectivity index (χ1v) is 7.85. The number of nitrogens with one attached hydrogen (secondary N) is 2. The van der Waals surface area contributed by atoms with E-state index in [1.807, 2.05) is 6.92 Å². The van der Waals surface area contributed by atoms with E-state index in [9.17, 15) is 9.59 Å². The van der Waals surface area contributed by atoms with Crippen molar-refractivity contribution < 1.29 is 14.3 Å². The third-order valence-corrected chi connectivity index (χ3v) is 3.98. The van der Waals surface area contributed by atoms with E-state index in [2.05, 4.69) is 15.5 Å². The molecule has 21 heavy (non-hydrogen) atoms. The number of likely N-dealkylation sites (tertiary alicyclic amines) is 1. The Labute approximate surface area is 125 Å². The summed E-state index contributed by atoms with van der Waals surface area (Å²) in [5.74, 6) is -0.330. The van der Waals surface area contributed by atoms with Gasteiger partial charge < -0.3 is 15.4 Å². The van der Waals surface area contributed by atoms with Crippen LogP contribution in [0.2, 0.25) is 0 Å². The number of piperidine rings is 1. The number of esters is 1. The van der Waals surface area contributed by atoms with Gasteiger partial charge in [0, 0.05) is 12.2 Å². The molecule has 2 rings (SSSR count). The minimum absolute atomic E-state index is 0.234. The number of hydrogen-bond donors (Lipinski definition) is 2. The number of carbonyl (C=O) groups is 2. The van der Waals surface area contributed by atoms with Gasteiger partial charge in [0.2, 0.25) is 0 Å². The molecule has 0 unspecified atom stereocenters. The predicted molar refractivity (Wildman–Crippen MR) is 79.7 cm³/mol. The molecule has 2 heterocycles. The Hall–Kier alpha value is -1.56. The van der Waals surface area contributed by atoms with Crippen LogP contribution >= 0.6 is 0 Å². The first-order valence-electron chi connectivity index (χ1n) is 7.85. The molecule has 0 aromatic carbocycles. The van der Waals surface area contributed by atoms with E-state index >= 15 is 0 Å². The third-order valence-electron chi connectivity index (χ3n) is 3.98. The molecule has 0 aromatic heterocycles. The molecule has 2 aliphatic heterocycles. The van der Waals surface area contributed by atoms with Crippen LogP contribution < -0.4 is 10.6 Å². The molecule has 6 heteroatoms. The molecule has 1 atom stereocenters. The maximum absolute atomic E-state index is 12.2. The Morgan fingerprint density at radius 3 is 2.62 bits per heavy atom. The molecule has 0 aliphatic carbocycles. The van der Waals surface area contributed by atoms with Gasteiger partial charge in [0.15, 0.2) is 0 Å². The van der Waals surface area contributed by atoms with Crippen LogP contribution in [0.25, 0.3) is 0 Å². The Kier molecular flexibility index (Phi) is 5.61. The van der Waals surface area contributed by atoms with E-state index in [0.29, 0.717) is 30.8 Å². The molecule has 118 valence electrons. The molecule has 0 bridgehead atoms. The van der Waals surface area contributed by atoms with Crippen LogP contribution in [0.3, 0.4) is 0 Å². The van der Waals surface area contributed by atoms with Crippen molar-refractivity contribution in [1.82, 2.24) is 15.5 Å². The molecule has 1 saturated heterocycles. The van der Waals surface area contributed by atoms with E-state index in [1.165, 1.54) is 19.3 Å². The zero-order valence-corrected chi connectivity index (χ0v) is 12.9. The Morgan fingerprint density at radius 1 is 1.29 bits per heavy atom. The second kappa shape index (κ2) is 7.45. The molecule has 0 spiro atoms. The largest absolute Gasteiger partial charge is 0.463 e. The van der Waals surface area contributed by atoms with Gasteiger partial charge in [0.1, 0.15) is 0 Å². The minimum Gasteiger partial charge on any atom is -0.463 e. The molecule has 2 amide bonds. The highest BCUT2D eigenvalue weighted by Gasteiger charge is 2.32. The highest BCUT2D eigenvalue weighted by Crippen LogP contribution is 2.19. The second-order valence-corrected chi connectivity index (χ2v) is 5.51. The summed E-state index contributed by atoms with van der Waals surface area (Å²) < 4.78 is 5.16. The van der Waals surface area contributed by atoms with Crippen LogP contribution in [0.5, 0.6) is 0 Å². The molecule has 2 aliphatic rings. The quantitative estimate of drug-likeness (QED) is 0.752. The summed E-state index contributed by atoms with van der Waals surface area (Å²) in [7, 11) is 0. The maximum Gasteiger partial charge on any atom is 0.337 e. The first kappa shape index (κ1) is 15.8. The maximum atomic E-state index is 12.2. The predicted octanol–water partition coefficient (Wildman–Crippen LogP) is 1.38. The smallest absolute Gasteiger partial charge is 0.337 e. The van der Waals surface area contributed by atoms with Crippen molar-refractivity contribution in [1.29, 1.82) is 0 Å².